The number of hydrogen-bond donors (Lipinski definition) is 16. The molecule has 33 heteroatoms. The third-order valence-electron chi connectivity index (χ3n) is 12.7. The van der Waals surface area contributed by atoms with E-state index in [1.807, 2.05) is 0 Å². The number of hydrogen-bond acceptors (Lipinski definition) is 27. The lowest BCUT2D eigenvalue weighted by Gasteiger charge is -2.48. The first-order valence-corrected chi connectivity index (χ1v) is 25.7. The Hall–Kier alpha value is -4.02. The predicted octanol–water partition coefficient (Wildman–Crippen LogP) is -10.1. The van der Waals surface area contributed by atoms with E-state index in [1.54, 1.807) is 0 Å². The van der Waals surface area contributed by atoms with Crippen LogP contribution in [0, 0.1) is 0 Å². The summed E-state index contributed by atoms with van der Waals surface area (Å²) in [5.41, 5.74) is 0. The van der Waals surface area contributed by atoms with E-state index >= 15 is 0 Å². The highest BCUT2D eigenvalue weighted by molar-refractivity contribution is 5.78. The first kappa shape index (κ1) is 67.5. The molecule has 4 fully saturated rings. The summed E-state index contributed by atoms with van der Waals surface area (Å²) in [6.07, 6.45) is -24.6. The largest absolute Gasteiger partial charge is 0.394 e. The summed E-state index contributed by atoms with van der Waals surface area (Å²) in [6.45, 7) is 2.87. The molecular formula is C46H80N6O27. The van der Waals surface area contributed by atoms with Crippen molar-refractivity contribution in [3.8, 4) is 0 Å². The van der Waals surface area contributed by atoms with Crippen molar-refractivity contribution in [1.29, 1.82) is 0 Å². The number of ether oxygens (including phenoxy) is 11. The monoisotopic (exact) mass is 1150 g/mol. The maximum atomic E-state index is 12.9. The van der Waals surface area contributed by atoms with Gasteiger partial charge in [-0.05, 0) is 0 Å². The molecule has 4 heterocycles. The molecule has 4 aliphatic rings. The fraction of sp³-hybridized carbons (Fsp3) is 0.870. The smallest absolute Gasteiger partial charge is 0.224 e. The molecule has 0 aliphatic carbocycles. The lowest BCUT2D eigenvalue weighted by atomic mass is 9.94. The van der Waals surface area contributed by atoms with Gasteiger partial charge in [-0.2, -0.15) is 0 Å². The van der Waals surface area contributed by atoms with Gasteiger partial charge in [-0.3, -0.25) is 28.8 Å². The Bertz CT molecular complexity index is 1760. The molecule has 4 saturated heterocycles. The van der Waals surface area contributed by atoms with Crippen molar-refractivity contribution in [2.45, 2.75) is 163 Å². The number of aliphatic hydroxyl groups excluding tert-OH is 10. The number of aliphatic hydroxyl groups is 10. The Kier molecular flexibility index (Phi) is 29.4. The molecule has 0 bridgehead atoms. The minimum Gasteiger partial charge on any atom is -0.394 e. The maximum absolute atomic E-state index is 12.9. The molecule has 16 N–H and O–H groups in total. The molecule has 0 radical (unpaired) electrons. The Morgan fingerprint density at radius 2 is 0.633 bits per heavy atom. The molecule has 0 spiro atoms. The molecule has 0 saturated carbocycles. The topological polar surface area (TPSA) is 478 Å². The lowest BCUT2D eigenvalue weighted by molar-refractivity contribution is -0.315. The second kappa shape index (κ2) is 34.4. The van der Waals surface area contributed by atoms with Crippen molar-refractivity contribution >= 4 is 35.4 Å². The number of rotatable bonds is 32. The Morgan fingerprint density at radius 1 is 0.354 bits per heavy atom. The molecule has 6 amide bonds. The summed E-state index contributed by atoms with van der Waals surface area (Å²) in [6, 6.07) is -5.46. The Morgan fingerprint density at radius 3 is 0.911 bits per heavy atom. The van der Waals surface area contributed by atoms with Crippen LogP contribution in [0.4, 0.5) is 0 Å². The van der Waals surface area contributed by atoms with Crippen LogP contribution in [0.15, 0.2) is 0 Å². The minimum atomic E-state index is -1.68. The fourth-order valence-electron chi connectivity index (χ4n) is 8.83. The van der Waals surface area contributed by atoms with E-state index in [2.05, 4.69) is 31.9 Å². The summed E-state index contributed by atoms with van der Waals surface area (Å²) in [5, 5.41) is 119. The average Bonchev–Trinajstić information content (AvgIpc) is 3.41. The van der Waals surface area contributed by atoms with E-state index in [0.29, 0.717) is 0 Å². The first-order valence-electron chi connectivity index (χ1n) is 25.7. The normalized spacial score (nSPS) is 34.7. The van der Waals surface area contributed by atoms with Crippen LogP contribution in [0.1, 0.15) is 40.5 Å². The van der Waals surface area contributed by atoms with Gasteiger partial charge in [0.25, 0.3) is 0 Å². The van der Waals surface area contributed by atoms with Crippen molar-refractivity contribution in [2.24, 2.45) is 0 Å². The van der Waals surface area contributed by atoms with Gasteiger partial charge in [0.2, 0.25) is 35.4 Å². The fourth-order valence-corrected chi connectivity index (χ4v) is 8.83. The van der Waals surface area contributed by atoms with Crippen LogP contribution in [0.3, 0.4) is 0 Å². The van der Waals surface area contributed by atoms with E-state index in [1.165, 1.54) is 0 Å². The zero-order valence-corrected chi connectivity index (χ0v) is 44.3. The van der Waals surface area contributed by atoms with Crippen LogP contribution in [0.2, 0.25) is 0 Å². The van der Waals surface area contributed by atoms with Crippen molar-refractivity contribution in [1.82, 2.24) is 31.9 Å². The van der Waals surface area contributed by atoms with Crippen LogP contribution < -0.4 is 31.9 Å². The molecule has 0 unspecified atom stereocenters. The van der Waals surface area contributed by atoms with Gasteiger partial charge in [-0.25, -0.2) is 0 Å². The zero-order chi connectivity index (χ0) is 58.3. The molecule has 4 aliphatic heterocycles. The third-order valence-corrected chi connectivity index (χ3v) is 12.7. The minimum absolute atomic E-state index is 0.0547. The highest BCUT2D eigenvalue weighted by atomic mass is 16.7. The van der Waals surface area contributed by atoms with Gasteiger partial charge in [0.05, 0.1) is 105 Å². The highest BCUT2D eigenvalue weighted by Gasteiger charge is 2.54. The second-order valence-corrected chi connectivity index (χ2v) is 18.8. The van der Waals surface area contributed by atoms with Gasteiger partial charge in [0.1, 0.15) is 97.4 Å². The SMILES string of the molecule is CC(=O)N[C@@H]1[C@@H](O)[C@H](O[C@@H]2O[C@H](CO)[C@@H](O)[C@H](O)[C@H]2NC(C)=O)[C@@H](CO)O[C@H]1NC(=O)CCOCCOCCOCCOCCOCCC(=O)N[C@@H]1O[C@H](CO)[C@@H](O[C@@H]2O[C@H](CO)[C@@H](O)[C@H](O)[C@H]2NC(C)=O)[C@H](O)[C@H]1NC(C)=O. The van der Waals surface area contributed by atoms with Crippen molar-refractivity contribution in [3.05, 3.63) is 0 Å². The van der Waals surface area contributed by atoms with E-state index in [4.69, 9.17) is 52.1 Å². The number of nitrogens with one attached hydrogen (secondary N) is 6. The molecule has 79 heavy (non-hydrogen) atoms. The maximum Gasteiger partial charge on any atom is 0.224 e. The summed E-state index contributed by atoms with van der Waals surface area (Å²) in [4.78, 5) is 73.8. The number of carbonyl (C=O) groups excluding carboxylic acids is 6. The third kappa shape index (κ3) is 20.7. The molecule has 4 rings (SSSR count). The van der Waals surface area contributed by atoms with Crippen LogP contribution >= 0.6 is 0 Å². The second-order valence-electron chi connectivity index (χ2n) is 18.8. The summed E-state index contributed by atoms with van der Waals surface area (Å²) < 4.78 is 62.0. The quantitative estimate of drug-likeness (QED) is 0.0278. The Balaban J connectivity index is 1.06. The summed E-state index contributed by atoms with van der Waals surface area (Å²) in [5.74, 6) is -3.72. The Labute approximate surface area is 454 Å². The van der Waals surface area contributed by atoms with Crippen LogP contribution in [-0.2, 0) is 80.9 Å². The standard InChI is InChI=1S/C46H80N6O27/c1-21(57)47-31-39(67)41(78-45-33(49-23(3)59)37(65)35(63)25(17-53)76-45)27(19-55)74-43(31)51-29(61)5-7-69-9-11-71-13-15-73-16-14-72-12-10-70-8-6-30(62)52-44-32(48-22(2)58)40(68)42(28(20-56)75-44)79-46-34(50-24(4)60)38(66)36(64)26(18-54)77-46/h25-28,31-46,53-56,63-68H,5-20H2,1-4H3,(H,47,57)(H,48,58)(H,49,59)(H,50,60)(H,51,61)(H,52,62)/t25-,26-,27-,28-,31-,32-,33-,34-,35-,36-,37-,38-,39-,40-,41-,42-,43-,44-,45+,46+/m1/s1. The molecule has 0 aromatic carbocycles. The van der Waals surface area contributed by atoms with Gasteiger partial charge >= 0.3 is 0 Å². The van der Waals surface area contributed by atoms with E-state index in [0.717, 1.165) is 27.7 Å². The van der Waals surface area contributed by atoms with Gasteiger partial charge in [0, 0.05) is 27.7 Å². The average molecular weight is 1150 g/mol. The van der Waals surface area contributed by atoms with Gasteiger partial charge in [0.15, 0.2) is 25.0 Å². The van der Waals surface area contributed by atoms with Gasteiger partial charge in [-0.15, -0.1) is 0 Å². The van der Waals surface area contributed by atoms with Gasteiger partial charge < -0.3 is 135 Å². The number of carbonyl (C=O) groups is 6. The van der Waals surface area contributed by atoms with Gasteiger partial charge in [-0.1, -0.05) is 0 Å². The highest BCUT2D eigenvalue weighted by Crippen LogP contribution is 2.31. The molecule has 456 valence electrons. The number of amides is 6. The summed E-state index contributed by atoms with van der Waals surface area (Å²) >= 11 is 0. The first-order chi connectivity index (χ1) is 37.6. The van der Waals surface area contributed by atoms with E-state index in [-0.39, 0.29) is 78.9 Å². The molecule has 33 nitrogen and oxygen atoms in total. The van der Waals surface area contributed by atoms with E-state index < -0.39 is 184 Å². The van der Waals surface area contributed by atoms with E-state index in [9.17, 15) is 79.8 Å². The molecular weight excluding hydrogens is 1070 g/mol. The molecule has 0 aromatic rings. The van der Waals surface area contributed by atoms with Crippen LogP contribution in [0.25, 0.3) is 0 Å². The molecule has 0 aromatic heterocycles. The zero-order valence-electron chi connectivity index (χ0n) is 44.3. The van der Waals surface area contributed by atoms with Crippen molar-refractivity contribution in [2.75, 3.05) is 92.5 Å². The van der Waals surface area contributed by atoms with Crippen LogP contribution in [-0.4, -0.2) is 301 Å². The van der Waals surface area contributed by atoms with Crippen molar-refractivity contribution < 1.29 is 132 Å². The lowest BCUT2D eigenvalue weighted by Crippen LogP contribution is -2.71. The predicted molar refractivity (Wildman–Crippen MR) is 259 cm³/mol. The molecule has 20 atom stereocenters. The summed E-state index contributed by atoms with van der Waals surface area (Å²) in [7, 11) is 0. The van der Waals surface area contributed by atoms with Crippen LogP contribution in [0.5, 0.6) is 0 Å². The van der Waals surface area contributed by atoms with Crippen molar-refractivity contribution in [3.63, 3.8) is 0 Å².